The van der Waals surface area contributed by atoms with Gasteiger partial charge in [-0.15, -0.1) is 11.3 Å². The predicted molar refractivity (Wildman–Crippen MR) is 76.8 cm³/mol. The van der Waals surface area contributed by atoms with E-state index in [1.807, 2.05) is 29.3 Å². The van der Waals surface area contributed by atoms with E-state index < -0.39 is 0 Å². The van der Waals surface area contributed by atoms with Gasteiger partial charge in [-0.1, -0.05) is 6.92 Å². The Hall–Kier alpha value is -0.100. The molecule has 2 rings (SSSR count). The van der Waals surface area contributed by atoms with Gasteiger partial charge < -0.3 is 5.32 Å². The largest absolute Gasteiger partial charge is 0.312 e. The van der Waals surface area contributed by atoms with Gasteiger partial charge in [-0.25, -0.2) is 4.98 Å². The Labute approximate surface area is 112 Å². The van der Waals surface area contributed by atoms with Crippen LogP contribution in [0.4, 0.5) is 0 Å². The maximum atomic E-state index is 4.59. The highest BCUT2D eigenvalue weighted by molar-refractivity contribution is 7.99. The van der Waals surface area contributed by atoms with E-state index in [-0.39, 0.29) is 0 Å². The van der Waals surface area contributed by atoms with Gasteiger partial charge in [-0.2, -0.15) is 11.8 Å². The van der Waals surface area contributed by atoms with Crippen LogP contribution in [0.5, 0.6) is 0 Å². The average molecular weight is 271 g/mol. The molecule has 1 aliphatic heterocycles. The van der Waals surface area contributed by atoms with Gasteiger partial charge in [0.05, 0.1) is 6.04 Å². The molecule has 0 spiro atoms. The van der Waals surface area contributed by atoms with E-state index in [2.05, 4.69) is 29.2 Å². The summed E-state index contributed by atoms with van der Waals surface area (Å²) in [6.45, 7) is 5.43. The molecule has 2 heterocycles. The smallest absolute Gasteiger partial charge is 0.111 e. The van der Waals surface area contributed by atoms with Crippen molar-refractivity contribution in [3.05, 3.63) is 16.1 Å². The van der Waals surface area contributed by atoms with Gasteiger partial charge >= 0.3 is 0 Å². The van der Waals surface area contributed by atoms with Crippen LogP contribution >= 0.6 is 23.1 Å². The van der Waals surface area contributed by atoms with Crippen molar-refractivity contribution in [1.82, 2.24) is 15.2 Å². The molecule has 1 saturated heterocycles. The van der Waals surface area contributed by atoms with Gasteiger partial charge in [-0.3, -0.25) is 4.90 Å². The molecule has 0 aliphatic carbocycles. The fourth-order valence-corrected chi connectivity index (χ4v) is 4.27. The topological polar surface area (TPSA) is 28.2 Å². The number of thiazole rings is 1. The minimum absolute atomic E-state index is 0.527. The van der Waals surface area contributed by atoms with E-state index in [1.54, 1.807) is 0 Å². The maximum absolute atomic E-state index is 4.59. The van der Waals surface area contributed by atoms with E-state index in [9.17, 15) is 0 Å². The van der Waals surface area contributed by atoms with Gasteiger partial charge in [0.1, 0.15) is 5.01 Å². The summed E-state index contributed by atoms with van der Waals surface area (Å²) in [5, 5.41) is 4.72. The van der Waals surface area contributed by atoms with E-state index >= 15 is 0 Å². The number of hydrogen-bond donors (Lipinski definition) is 1. The summed E-state index contributed by atoms with van der Waals surface area (Å²) in [6, 6.07) is 0.527. The van der Waals surface area contributed by atoms with Crippen molar-refractivity contribution in [3.8, 4) is 0 Å². The van der Waals surface area contributed by atoms with Crippen molar-refractivity contribution in [3.63, 3.8) is 0 Å². The number of hydrogen-bond acceptors (Lipinski definition) is 5. The van der Waals surface area contributed by atoms with Crippen LogP contribution in [0.25, 0.3) is 0 Å². The second-order valence-corrected chi connectivity index (χ2v) is 6.71. The lowest BCUT2D eigenvalue weighted by Gasteiger charge is -2.30. The first-order valence-corrected chi connectivity index (χ1v) is 8.21. The highest BCUT2D eigenvalue weighted by Gasteiger charge is 2.23. The molecule has 1 unspecified atom stereocenters. The molecule has 1 fully saturated rings. The molecule has 5 heteroatoms. The summed E-state index contributed by atoms with van der Waals surface area (Å²) in [6.07, 6.45) is 3.23. The lowest BCUT2D eigenvalue weighted by atomic mass is 10.3. The van der Waals surface area contributed by atoms with Crippen molar-refractivity contribution >= 4 is 23.1 Å². The highest BCUT2D eigenvalue weighted by atomic mass is 32.2. The molecule has 1 atom stereocenters. The quantitative estimate of drug-likeness (QED) is 0.832. The van der Waals surface area contributed by atoms with Gasteiger partial charge in [0.15, 0.2) is 0 Å². The minimum atomic E-state index is 0.527. The standard InChI is InChI=1S/C12H21N3S2/c1-3-4-13-7-10-8-14-12(17-10)11-9-16-6-5-15(11)2/h8,11,13H,3-7,9H2,1-2H3. The fraction of sp³-hybridized carbons (Fsp3) is 0.750. The molecule has 1 N–H and O–H groups in total. The normalized spacial score (nSPS) is 21.9. The SMILES string of the molecule is CCCNCc1cnc(C2CSCCN2C)s1. The van der Waals surface area contributed by atoms with Crippen LogP contribution in [-0.2, 0) is 6.54 Å². The highest BCUT2D eigenvalue weighted by Crippen LogP contribution is 2.30. The summed E-state index contributed by atoms with van der Waals surface area (Å²) < 4.78 is 0. The molecule has 1 aromatic rings. The Kier molecular flexibility index (Phi) is 5.28. The summed E-state index contributed by atoms with van der Waals surface area (Å²) in [7, 11) is 2.21. The van der Waals surface area contributed by atoms with Crippen molar-refractivity contribution in [2.24, 2.45) is 0 Å². The first-order valence-electron chi connectivity index (χ1n) is 6.24. The summed E-state index contributed by atoms with van der Waals surface area (Å²) in [5.41, 5.74) is 0. The Morgan fingerprint density at radius 2 is 2.47 bits per heavy atom. The number of nitrogens with one attached hydrogen (secondary N) is 1. The average Bonchev–Trinajstić information content (AvgIpc) is 2.79. The third-order valence-electron chi connectivity index (χ3n) is 2.98. The van der Waals surface area contributed by atoms with E-state index in [0.717, 1.165) is 13.1 Å². The van der Waals surface area contributed by atoms with Crippen LogP contribution in [0.2, 0.25) is 0 Å². The van der Waals surface area contributed by atoms with Crippen LogP contribution in [0.15, 0.2) is 6.20 Å². The Morgan fingerprint density at radius 3 is 3.24 bits per heavy atom. The lowest BCUT2D eigenvalue weighted by Crippen LogP contribution is -2.32. The number of nitrogens with zero attached hydrogens (tertiary/aromatic N) is 2. The molecule has 3 nitrogen and oxygen atoms in total. The maximum Gasteiger partial charge on any atom is 0.111 e. The zero-order valence-corrected chi connectivity index (χ0v) is 12.2. The van der Waals surface area contributed by atoms with Crippen LogP contribution in [0.3, 0.4) is 0 Å². The zero-order valence-electron chi connectivity index (χ0n) is 10.6. The van der Waals surface area contributed by atoms with Gasteiger partial charge in [-0.05, 0) is 20.0 Å². The predicted octanol–water partition coefficient (Wildman–Crippen LogP) is 2.36. The van der Waals surface area contributed by atoms with Gasteiger partial charge in [0.2, 0.25) is 0 Å². The first kappa shape index (κ1) is 13.3. The minimum Gasteiger partial charge on any atom is -0.312 e. The number of thioether (sulfide) groups is 1. The lowest BCUT2D eigenvalue weighted by molar-refractivity contribution is 0.274. The molecule has 1 aromatic heterocycles. The van der Waals surface area contributed by atoms with E-state index in [1.165, 1.54) is 34.4 Å². The van der Waals surface area contributed by atoms with E-state index in [0.29, 0.717) is 6.04 Å². The molecule has 0 saturated carbocycles. The third-order valence-corrected chi connectivity index (χ3v) is 5.10. The Balaban J connectivity index is 1.92. The zero-order chi connectivity index (χ0) is 12.1. The second kappa shape index (κ2) is 6.73. The molecule has 0 bridgehead atoms. The van der Waals surface area contributed by atoms with Crippen molar-refractivity contribution in [2.45, 2.75) is 25.9 Å². The molecule has 17 heavy (non-hydrogen) atoms. The first-order chi connectivity index (χ1) is 8.31. The number of aromatic nitrogens is 1. The Bertz CT molecular complexity index is 340. The van der Waals surface area contributed by atoms with Crippen molar-refractivity contribution in [1.29, 1.82) is 0 Å². The van der Waals surface area contributed by atoms with Crippen molar-refractivity contribution in [2.75, 3.05) is 31.6 Å². The molecule has 0 radical (unpaired) electrons. The number of rotatable bonds is 5. The van der Waals surface area contributed by atoms with Crippen LogP contribution in [-0.4, -0.2) is 41.5 Å². The molecular formula is C12H21N3S2. The van der Waals surface area contributed by atoms with Crippen molar-refractivity contribution < 1.29 is 0 Å². The summed E-state index contributed by atoms with van der Waals surface area (Å²) in [4.78, 5) is 8.38. The molecule has 0 aromatic carbocycles. The molecule has 96 valence electrons. The van der Waals surface area contributed by atoms with Crippen LogP contribution < -0.4 is 5.32 Å². The fourth-order valence-electron chi connectivity index (χ4n) is 1.89. The van der Waals surface area contributed by atoms with Crippen LogP contribution in [0, 0.1) is 0 Å². The molecule has 0 amide bonds. The molecule has 1 aliphatic rings. The van der Waals surface area contributed by atoms with Crippen LogP contribution in [0.1, 0.15) is 29.3 Å². The monoisotopic (exact) mass is 271 g/mol. The Morgan fingerprint density at radius 1 is 1.59 bits per heavy atom. The second-order valence-electron chi connectivity index (χ2n) is 4.41. The molecular weight excluding hydrogens is 250 g/mol. The third kappa shape index (κ3) is 3.68. The summed E-state index contributed by atoms with van der Waals surface area (Å²) >= 11 is 3.91. The van der Waals surface area contributed by atoms with E-state index in [4.69, 9.17) is 0 Å². The van der Waals surface area contributed by atoms with Gasteiger partial charge in [0, 0.05) is 35.7 Å². The van der Waals surface area contributed by atoms with Gasteiger partial charge in [0.25, 0.3) is 0 Å². The summed E-state index contributed by atoms with van der Waals surface area (Å²) in [5.74, 6) is 2.44.